The van der Waals surface area contributed by atoms with Gasteiger partial charge in [-0.25, -0.2) is 0 Å². The maximum absolute atomic E-state index is 12.5. The molecule has 1 aliphatic rings. The van der Waals surface area contributed by atoms with Gasteiger partial charge in [0.25, 0.3) is 0 Å². The van der Waals surface area contributed by atoms with E-state index in [1.807, 2.05) is 17.0 Å². The number of benzene rings is 2. The van der Waals surface area contributed by atoms with E-state index in [0.29, 0.717) is 39.3 Å². The molecule has 1 heterocycles. The number of carbonyl (C=O) groups excluding carboxylic acids is 1. The van der Waals surface area contributed by atoms with Gasteiger partial charge in [0.1, 0.15) is 5.37 Å². The van der Waals surface area contributed by atoms with E-state index in [1.54, 1.807) is 24.3 Å². The second kappa shape index (κ2) is 8.45. The highest BCUT2D eigenvalue weighted by Crippen LogP contribution is 2.45. The summed E-state index contributed by atoms with van der Waals surface area (Å²) in [4.78, 5) is 14.3. The maximum Gasteiger partial charge on any atom is 0.489 e. The van der Waals surface area contributed by atoms with Crippen LogP contribution in [0.3, 0.4) is 0 Å². The summed E-state index contributed by atoms with van der Waals surface area (Å²) in [5.74, 6) is 0.742. The Labute approximate surface area is 173 Å². The number of nitrogens with zero attached hydrogens (tertiary/aromatic N) is 1. The van der Waals surface area contributed by atoms with E-state index >= 15 is 0 Å². The fourth-order valence-corrected chi connectivity index (χ4v) is 5.00. The predicted molar refractivity (Wildman–Crippen MR) is 113 cm³/mol. The van der Waals surface area contributed by atoms with Crippen molar-refractivity contribution in [1.82, 2.24) is 4.90 Å². The van der Waals surface area contributed by atoms with Crippen molar-refractivity contribution < 1.29 is 14.8 Å². The normalized spacial score (nSPS) is 17.1. The van der Waals surface area contributed by atoms with Crippen LogP contribution in [-0.4, -0.2) is 40.3 Å². The lowest BCUT2D eigenvalue weighted by Crippen LogP contribution is -2.35. The molecule has 4 nitrogen and oxygen atoms in total. The molecule has 1 atom stereocenters. The Morgan fingerprint density at radius 3 is 2.44 bits per heavy atom. The third-order valence-corrected chi connectivity index (χ3v) is 6.21. The molecular weight excluding hydrogens is 404 g/mol. The topological polar surface area (TPSA) is 60.8 Å². The van der Waals surface area contributed by atoms with Gasteiger partial charge in [-0.1, -0.05) is 55.2 Å². The summed E-state index contributed by atoms with van der Waals surface area (Å²) in [6, 6.07) is 10.4. The van der Waals surface area contributed by atoms with Crippen LogP contribution in [-0.2, 0) is 4.79 Å². The van der Waals surface area contributed by atoms with Gasteiger partial charge in [0.05, 0.1) is 5.75 Å². The first-order valence-electron chi connectivity index (χ1n) is 8.65. The SMILES string of the molecule is CC(C)CN1C(=O)CSC1c1c(Cl)ccc(B(O)O)c1-c1ccc(Cl)cc1. The highest BCUT2D eigenvalue weighted by Gasteiger charge is 2.37. The summed E-state index contributed by atoms with van der Waals surface area (Å²) < 4.78 is 0. The number of hydrogen-bond donors (Lipinski definition) is 2. The van der Waals surface area contributed by atoms with Crippen LogP contribution in [0.1, 0.15) is 24.8 Å². The number of amides is 1. The number of carbonyl (C=O) groups is 1. The van der Waals surface area contributed by atoms with E-state index in [2.05, 4.69) is 13.8 Å². The first-order valence-corrected chi connectivity index (χ1v) is 10.5. The van der Waals surface area contributed by atoms with Crippen LogP contribution in [0.2, 0.25) is 10.0 Å². The first-order chi connectivity index (χ1) is 12.8. The van der Waals surface area contributed by atoms with Gasteiger partial charge in [-0.2, -0.15) is 0 Å². The molecule has 0 aromatic heterocycles. The standard InChI is InChI=1S/C19H20BCl2NO3S/c1-11(2)9-23-16(24)10-27-19(23)18-15(22)8-7-14(20(25)26)17(18)12-3-5-13(21)6-4-12/h3-8,11,19,25-26H,9-10H2,1-2H3. The summed E-state index contributed by atoms with van der Waals surface area (Å²) in [7, 11) is -1.66. The number of thioether (sulfide) groups is 1. The fraction of sp³-hybridized carbons (Fsp3) is 0.316. The molecule has 0 aliphatic carbocycles. The number of hydrogen-bond acceptors (Lipinski definition) is 4. The zero-order chi connectivity index (χ0) is 19.7. The van der Waals surface area contributed by atoms with Crippen molar-refractivity contribution in [2.75, 3.05) is 12.3 Å². The minimum atomic E-state index is -1.66. The molecule has 0 radical (unpaired) electrons. The molecule has 0 saturated carbocycles. The van der Waals surface area contributed by atoms with Gasteiger partial charge < -0.3 is 14.9 Å². The molecule has 1 aliphatic heterocycles. The van der Waals surface area contributed by atoms with Crippen LogP contribution in [0, 0.1) is 5.92 Å². The Hall–Kier alpha value is -1.18. The molecule has 2 N–H and O–H groups in total. The lowest BCUT2D eigenvalue weighted by atomic mass is 9.73. The third-order valence-electron chi connectivity index (χ3n) is 4.41. The summed E-state index contributed by atoms with van der Waals surface area (Å²) in [5.41, 5.74) is 2.47. The van der Waals surface area contributed by atoms with E-state index in [4.69, 9.17) is 23.2 Å². The molecule has 0 bridgehead atoms. The molecule has 1 amide bonds. The molecule has 2 aromatic rings. The molecule has 1 unspecified atom stereocenters. The molecule has 142 valence electrons. The van der Waals surface area contributed by atoms with Gasteiger partial charge in [-0.15, -0.1) is 11.8 Å². The molecular formula is C19H20BCl2NO3S. The Morgan fingerprint density at radius 1 is 1.19 bits per heavy atom. The van der Waals surface area contributed by atoms with Gasteiger partial charge in [-0.05, 0) is 40.7 Å². The van der Waals surface area contributed by atoms with Gasteiger partial charge in [-0.3, -0.25) is 4.79 Å². The lowest BCUT2D eigenvalue weighted by Gasteiger charge is -2.29. The van der Waals surface area contributed by atoms with Gasteiger partial charge in [0.2, 0.25) is 5.91 Å². The van der Waals surface area contributed by atoms with Crippen molar-refractivity contribution in [3.05, 3.63) is 52.0 Å². The van der Waals surface area contributed by atoms with Gasteiger partial charge in [0.15, 0.2) is 0 Å². The summed E-state index contributed by atoms with van der Waals surface area (Å²) >= 11 is 14.1. The van der Waals surface area contributed by atoms with Crippen molar-refractivity contribution in [3.8, 4) is 11.1 Å². The van der Waals surface area contributed by atoms with Crippen LogP contribution in [0.4, 0.5) is 0 Å². The van der Waals surface area contributed by atoms with Gasteiger partial charge >= 0.3 is 7.12 Å². The van der Waals surface area contributed by atoms with Gasteiger partial charge in [0, 0.05) is 22.2 Å². The Balaban J connectivity index is 2.21. The smallest absolute Gasteiger partial charge is 0.423 e. The van der Waals surface area contributed by atoms with Crippen molar-refractivity contribution in [2.45, 2.75) is 19.2 Å². The van der Waals surface area contributed by atoms with Crippen LogP contribution >= 0.6 is 35.0 Å². The van der Waals surface area contributed by atoms with Crippen molar-refractivity contribution in [2.24, 2.45) is 5.92 Å². The molecule has 3 rings (SSSR count). The second-order valence-corrected chi connectivity index (χ2v) is 8.82. The third kappa shape index (κ3) is 4.30. The first kappa shape index (κ1) is 20.6. The largest absolute Gasteiger partial charge is 0.489 e. The zero-order valence-electron chi connectivity index (χ0n) is 15.0. The molecule has 8 heteroatoms. The van der Waals surface area contributed by atoms with Crippen molar-refractivity contribution >= 4 is 53.5 Å². The van der Waals surface area contributed by atoms with Crippen LogP contribution in [0.5, 0.6) is 0 Å². The van der Waals surface area contributed by atoms with Crippen LogP contribution < -0.4 is 5.46 Å². The van der Waals surface area contributed by atoms with E-state index in [1.165, 1.54) is 11.8 Å². The molecule has 1 fully saturated rings. The zero-order valence-corrected chi connectivity index (χ0v) is 17.4. The summed E-state index contributed by atoms with van der Waals surface area (Å²) in [6.07, 6.45) is 0. The average molecular weight is 424 g/mol. The Bertz CT molecular complexity index is 846. The van der Waals surface area contributed by atoms with E-state index in [0.717, 1.165) is 11.1 Å². The fourth-order valence-electron chi connectivity index (χ4n) is 3.29. The van der Waals surface area contributed by atoms with Crippen molar-refractivity contribution in [1.29, 1.82) is 0 Å². The summed E-state index contributed by atoms with van der Waals surface area (Å²) in [6.45, 7) is 4.73. The monoisotopic (exact) mass is 423 g/mol. The average Bonchev–Trinajstić information content (AvgIpc) is 2.95. The minimum Gasteiger partial charge on any atom is -0.423 e. The molecule has 1 saturated heterocycles. The maximum atomic E-state index is 12.5. The van der Waals surface area contributed by atoms with Crippen LogP contribution in [0.15, 0.2) is 36.4 Å². The van der Waals surface area contributed by atoms with E-state index in [-0.39, 0.29) is 11.3 Å². The molecule has 27 heavy (non-hydrogen) atoms. The highest BCUT2D eigenvalue weighted by atomic mass is 35.5. The quantitative estimate of drug-likeness (QED) is 0.721. The predicted octanol–water partition coefficient (Wildman–Crippen LogP) is 3.57. The highest BCUT2D eigenvalue weighted by molar-refractivity contribution is 8.00. The number of halogens is 2. The minimum absolute atomic E-state index is 0.0618. The Kier molecular flexibility index (Phi) is 6.44. The number of rotatable bonds is 5. The van der Waals surface area contributed by atoms with E-state index < -0.39 is 7.12 Å². The molecule has 2 aromatic carbocycles. The Morgan fingerprint density at radius 2 is 1.85 bits per heavy atom. The summed E-state index contributed by atoms with van der Waals surface area (Å²) in [5, 5.41) is 20.7. The van der Waals surface area contributed by atoms with Crippen molar-refractivity contribution in [3.63, 3.8) is 0 Å². The van der Waals surface area contributed by atoms with Crippen LogP contribution in [0.25, 0.3) is 11.1 Å². The van der Waals surface area contributed by atoms with E-state index in [9.17, 15) is 14.8 Å². The lowest BCUT2D eigenvalue weighted by molar-refractivity contribution is -0.128. The molecule has 0 spiro atoms. The second-order valence-electron chi connectivity index (χ2n) is 6.91.